The standard InChI is InChI=1S/C15H26O2/c1-2-3-4-16-11-17-15-8-12-5-13(9-15)7-14(6-12)10-15/h12-14H,2-11H2,1H3. The van der Waals surface area contributed by atoms with Crippen molar-refractivity contribution in [3.8, 4) is 0 Å². The molecular formula is C15H26O2. The van der Waals surface area contributed by atoms with Gasteiger partial charge in [-0.1, -0.05) is 13.3 Å². The van der Waals surface area contributed by atoms with Crippen LogP contribution in [0.25, 0.3) is 0 Å². The molecule has 0 amide bonds. The molecule has 4 saturated carbocycles. The molecule has 0 aromatic rings. The summed E-state index contributed by atoms with van der Waals surface area (Å²) in [5.74, 6) is 2.91. The van der Waals surface area contributed by atoms with E-state index in [2.05, 4.69) is 6.92 Å². The number of hydrogen-bond donors (Lipinski definition) is 0. The normalized spacial score (nSPS) is 43.2. The molecule has 0 saturated heterocycles. The third kappa shape index (κ3) is 2.53. The highest BCUT2D eigenvalue weighted by molar-refractivity contribution is 5.02. The highest BCUT2D eigenvalue weighted by Gasteiger charge is 2.51. The second kappa shape index (κ2) is 4.89. The SMILES string of the molecule is CCCCOCOC12CC3CC(CC(C3)C1)C2. The average molecular weight is 238 g/mol. The third-order valence-electron chi connectivity index (χ3n) is 5.07. The van der Waals surface area contributed by atoms with Crippen LogP contribution in [0.3, 0.4) is 0 Å². The zero-order chi connectivity index (χ0) is 11.7. The minimum Gasteiger partial charge on any atom is -0.355 e. The van der Waals surface area contributed by atoms with Crippen molar-refractivity contribution in [1.82, 2.24) is 0 Å². The summed E-state index contributed by atoms with van der Waals surface area (Å²) in [4.78, 5) is 0. The van der Waals surface area contributed by atoms with Gasteiger partial charge in [-0.05, 0) is 62.7 Å². The van der Waals surface area contributed by atoms with Gasteiger partial charge in [0.1, 0.15) is 6.79 Å². The van der Waals surface area contributed by atoms with Crippen LogP contribution in [0, 0.1) is 17.8 Å². The van der Waals surface area contributed by atoms with Crippen LogP contribution >= 0.6 is 0 Å². The average Bonchev–Trinajstić information content (AvgIpc) is 2.26. The zero-order valence-corrected chi connectivity index (χ0v) is 11.1. The highest BCUT2D eigenvalue weighted by Crippen LogP contribution is 2.57. The first-order valence-electron chi connectivity index (χ1n) is 7.51. The number of hydrogen-bond acceptors (Lipinski definition) is 2. The lowest BCUT2D eigenvalue weighted by atomic mass is 9.54. The molecule has 17 heavy (non-hydrogen) atoms. The van der Waals surface area contributed by atoms with E-state index in [1.807, 2.05) is 0 Å². The van der Waals surface area contributed by atoms with Crippen LogP contribution in [-0.4, -0.2) is 19.0 Å². The summed E-state index contributed by atoms with van der Waals surface area (Å²) in [7, 11) is 0. The highest BCUT2D eigenvalue weighted by atomic mass is 16.7. The first-order valence-corrected chi connectivity index (χ1v) is 7.51. The number of unbranched alkanes of at least 4 members (excludes halogenated alkanes) is 1. The molecule has 4 rings (SSSR count). The Labute approximate surface area is 105 Å². The van der Waals surface area contributed by atoms with Crippen molar-refractivity contribution < 1.29 is 9.47 Å². The fraction of sp³-hybridized carbons (Fsp3) is 1.00. The fourth-order valence-electron chi connectivity index (χ4n) is 4.68. The van der Waals surface area contributed by atoms with Crippen molar-refractivity contribution in [3.05, 3.63) is 0 Å². The third-order valence-corrected chi connectivity index (χ3v) is 5.07. The maximum Gasteiger partial charge on any atom is 0.147 e. The van der Waals surface area contributed by atoms with E-state index in [1.165, 1.54) is 44.9 Å². The summed E-state index contributed by atoms with van der Waals surface area (Å²) < 4.78 is 11.8. The van der Waals surface area contributed by atoms with Gasteiger partial charge in [0.05, 0.1) is 5.60 Å². The van der Waals surface area contributed by atoms with Crippen LogP contribution in [0.4, 0.5) is 0 Å². The summed E-state index contributed by atoms with van der Waals surface area (Å²) in [6.45, 7) is 3.60. The molecule has 0 aromatic heterocycles. The van der Waals surface area contributed by atoms with E-state index in [-0.39, 0.29) is 5.60 Å². The van der Waals surface area contributed by atoms with Gasteiger partial charge >= 0.3 is 0 Å². The van der Waals surface area contributed by atoms with Gasteiger partial charge in [-0.2, -0.15) is 0 Å². The lowest BCUT2D eigenvalue weighted by Crippen LogP contribution is -2.52. The van der Waals surface area contributed by atoms with E-state index in [0.717, 1.165) is 30.8 Å². The Kier molecular flexibility index (Phi) is 3.45. The van der Waals surface area contributed by atoms with Gasteiger partial charge in [-0.15, -0.1) is 0 Å². The first-order chi connectivity index (χ1) is 8.30. The van der Waals surface area contributed by atoms with Crippen molar-refractivity contribution >= 4 is 0 Å². The number of ether oxygens (including phenoxy) is 2. The van der Waals surface area contributed by atoms with Gasteiger partial charge in [0.15, 0.2) is 0 Å². The van der Waals surface area contributed by atoms with Crippen molar-refractivity contribution in [3.63, 3.8) is 0 Å². The van der Waals surface area contributed by atoms with E-state index in [4.69, 9.17) is 9.47 Å². The molecule has 4 aliphatic carbocycles. The molecule has 2 heteroatoms. The van der Waals surface area contributed by atoms with Crippen molar-refractivity contribution in [2.45, 2.75) is 63.9 Å². The van der Waals surface area contributed by atoms with Crippen LogP contribution in [-0.2, 0) is 9.47 Å². The molecule has 0 spiro atoms. The topological polar surface area (TPSA) is 18.5 Å². The van der Waals surface area contributed by atoms with Gasteiger partial charge in [0.25, 0.3) is 0 Å². The monoisotopic (exact) mass is 238 g/mol. The molecule has 0 N–H and O–H groups in total. The van der Waals surface area contributed by atoms with Crippen LogP contribution in [0.1, 0.15) is 58.3 Å². The molecule has 0 aliphatic heterocycles. The van der Waals surface area contributed by atoms with Gasteiger partial charge in [-0.25, -0.2) is 0 Å². The molecule has 4 fully saturated rings. The predicted molar refractivity (Wildman–Crippen MR) is 67.7 cm³/mol. The molecule has 98 valence electrons. The molecule has 4 bridgehead atoms. The van der Waals surface area contributed by atoms with E-state index in [1.54, 1.807) is 0 Å². The Morgan fingerprint density at radius 3 is 2.12 bits per heavy atom. The fourth-order valence-corrected chi connectivity index (χ4v) is 4.68. The lowest BCUT2D eigenvalue weighted by Gasteiger charge is -2.56. The molecule has 0 aromatic carbocycles. The molecule has 0 heterocycles. The maximum absolute atomic E-state index is 6.17. The van der Waals surface area contributed by atoms with Crippen molar-refractivity contribution in [1.29, 1.82) is 0 Å². The molecule has 0 atom stereocenters. The second-order valence-electron chi connectivity index (χ2n) is 6.62. The minimum atomic E-state index is 0.223. The maximum atomic E-state index is 6.17. The smallest absolute Gasteiger partial charge is 0.147 e. The van der Waals surface area contributed by atoms with E-state index in [9.17, 15) is 0 Å². The Hall–Kier alpha value is -0.0800. The van der Waals surface area contributed by atoms with Gasteiger partial charge in [0.2, 0.25) is 0 Å². The Morgan fingerprint density at radius 1 is 1.00 bits per heavy atom. The molecular weight excluding hydrogens is 212 g/mol. The largest absolute Gasteiger partial charge is 0.355 e. The quantitative estimate of drug-likeness (QED) is 0.518. The minimum absolute atomic E-state index is 0.223. The predicted octanol–water partition coefficient (Wildman–Crippen LogP) is 3.75. The second-order valence-corrected chi connectivity index (χ2v) is 6.62. The first kappa shape index (κ1) is 12.0. The lowest BCUT2D eigenvalue weighted by molar-refractivity contribution is -0.208. The van der Waals surface area contributed by atoms with E-state index < -0.39 is 0 Å². The summed E-state index contributed by atoms with van der Waals surface area (Å²) in [5.41, 5.74) is 0.223. The summed E-state index contributed by atoms with van der Waals surface area (Å²) in [6, 6.07) is 0. The molecule has 0 unspecified atom stereocenters. The van der Waals surface area contributed by atoms with Crippen molar-refractivity contribution in [2.75, 3.05) is 13.4 Å². The summed E-state index contributed by atoms with van der Waals surface area (Å²) >= 11 is 0. The Balaban J connectivity index is 1.49. The van der Waals surface area contributed by atoms with Crippen LogP contribution in [0.15, 0.2) is 0 Å². The zero-order valence-electron chi connectivity index (χ0n) is 11.1. The molecule has 0 radical (unpaired) electrons. The number of rotatable bonds is 6. The van der Waals surface area contributed by atoms with Gasteiger partial charge in [-0.3, -0.25) is 0 Å². The van der Waals surface area contributed by atoms with Gasteiger partial charge < -0.3 is 9.47 Å². The van der Waals surface area contributed by atoms with Crippen LogP contribution in [0.2, 0.25) is 0 Å². The molecule has 4 aliphatic rings. The Bertz CT molecular complexity index is 226. The van der Waals surface area contributed by atoms with E-state index in [0.29, 0.717) is 6.79 Å². The summed E-state index contributed by atoms with van der Waals surface area (Å²) in [6.07, 6.45) is 10.8. The van der Waals surface area contributed by atoms with E-state index >= 15 is 0 Å². The summed E-state index contributed by atoms with van der Waals surface area (Å²) in [5, 5.41) is 0. The Morgan fingerprint density at radius 2 is 1.59 bits per heavy atom. The van der Waals surface area contributed by atoms with Crippen LogP contribution in [0.5, 0.6) is 0 Å². The van der Waals surface area contributed by atoms with Crippen molar-refractivity contribution in [2.24, 2.45) is 17.8 Å². The van der Waals surface area contributed by atoms with Crippen LogP contribution < -0.4 is 0 Å². The molecule has 2 nitrogen and oxygen atoms in total. The van der Waals surface area contributed by atoms with Gasteiger partial charge in [0, 0.05) is 6.61 Å².